The second kappa shape index (κ2) is 6.15. The van der Waals surface area contributed by atoms with E-state index in [1.807, 2.05) is 0 Å². The number of benzene rings is 1. The van der Waals surface area contributed by atoms with Crippen LogP contribution >= 0.6 is 0 Å². The van der Waals surface area contributed by atoms with Crippen LogP contribution in [0, 0.1) is 6.92 Å². The summed E-state index contributed by atoms with van der Waals surface area (Å²) in [6.07, 6.45) is 1.13. The second-order valence-electron chi connectivity index (χ2n) is 5.20. The normalized spacial score (nSPS) is 18.3. The van der Waals surface area contributed by atoms with Crippen molar-refractivity contribution in [1.29, 1.82) is 0 Å². The zero-order valence-electron chi connectivity index (χ0n) is 12.8. The van der Waals surface area contributed by atoms with E-state index in [4.69, 9.17) is 4.74 Å². The molecule has 0 bridgehead atoms. The van der Waals surface area contributed by atoms with Gasteiger partial charge in [0.25, 0.3) is 0 Å². The first-order chi connectivity index (χ1) is 10.2. The van der Waals surface area contributed by atoms with E-state index in [2.05, 4.69) is 0 Å². The molecule has 124 valence electrons. The molecule has 1 aromatic rings. The molecule has 1 aromatic carbocycles. The molecule has 0 saturated carbocycles. The van der Waals surface area contributed by atoms with Crippen LogP contribution in [0.5, 0.6) is 5.75 Å². The topological polar surface area (TPSA) is 84.0 Å². The van der Waals surface area contributed by atoms with Gasteiger partial charge in [-0.3, -0.25) is 0 Å². The number of hydrogen-bond donors (Lipinski definition) is 0. The fraction of sp³-hybridized carbons (Fsp3) is 0.538. The van der Waals surface area contributed by atoms with Crippen molar-refractivity contribution in [3.63, 3.8) is 0 Å². The summed E-state index contributed by atoms with van der Waals surface area (Å²) in [7, 11) is -5.39. The summed E-state index contributed by atoms with van der Waals surface area (Å²) in [4.78, 5) is 0.223. The Bertz CT molecular complexity index is 751. The SMILES string of the molecule is COc1ccc(S(=O)(=O)N2CCN(S(C)(=O)=O)CC2)c(C)c1. The van der Waals surface area contributed by atoms with Gasteiger partial charge in [-0.1, -0.05) is 0 Å². The van der Waals surface area contributed by atoms with Gasteiger partial charge in [0, 0.05) is 26.2 Å². The molecule has 0 aromatic heterocycles. The average Bonchev–Trinajstić information content (AvgIpc) is 2.46. The number of nitrogens with zero attached hydrogens (tertiary/aromatic N) is 2. The highest BCUT2D eigenvalue weighted by Crippen LogP contribution is 2.25. The highest BCUT2D eigenvalue weighted by Gasteiger charge is 2.32. The Morgan fingerprint density at radius 2 is 1.55 bits per heavy atom. The zero-order chi connectivity index (χ0) is 16.5. The van der Waals surface area contributed by atoms with Gasteiger partial charge < -0.3 is 4.74 Å². The summed E-state index contributed by atoms with van der Waals surface area (Å²) < 4.78 is 56.0. The molecule has 22 heavy (non-hydrogen) atoms. The van der Waals surface area contributed by atoms with Gasteiger partial charge in [0.2, 0.25) is 20.0 Å². The van der Waals surface area contributed by atoms with Gasteiger partial charge in [-0.15, -0.1) is 0 Å². The third kappa shape index (κ3) is 3.43. The Balaban J connectivity index is 2.22. The minimum atomic E-state index is -3.63. The molecular formula is C13H20N2O5S2. The Hall–Kier alpha value is -1.16. The first-order valence-electron chi connectivity index (χ1n) is 6.76. The summed E-state index contributed by atoms with van der Waals surface area (Å²) in [5.41, 5.74) is 0.602. The number of piperazine rings is 1. The highest BCUT2D eigenvalue weighted by atomic mass is 32.2. The highest BCUT2D eigenvalue weighted by molar-refractivity contribution is 7.89. The summed E-state index contributed by atoms with van der Waals surface area (Å²) in [6.45, 7) is 2.37. The van der Waals surface area contributed by atoms with E-state index in [1.54, 1.807) is 19.1 Å². The number of rotatable bonds is 4. The van der Waals surface area contributed by atoms with Crippen molar-refractivity contribution in [2.45, 2.75) is 11.8 Å². The van der Waals surface area contributed by atoms with E-state index in [0.717, 1.165) is 6.26 Å². The van der Waals surface area contributed by atoms with Crippen molar-refractivity contribution >= 4 is 20.0 Å². The summed E-state index contributed by atoms with van der Waals surface area (Å²) >= 11 is 0. The van der Waals surface area contributed by atoms with Crippen LogP contribution in [0.2, 0.25) is 0 Å². The molecule has 1 aliphatic rings. The van der Waals surface area contributed by atoms with Crippen LogP contribution in [-0.4, -0.2) is 65.0 Å². The molecule has 0 unspecified atom stereocenters. The lowest BCUT2D eigenvalue weighted by Crippen LogP contribution is -2.50. The van der Waals surface area contributed by atoms with Gasteiger partial charge >= 0.3 is 0 Å². The maximum atomic E-state index is 12.7. The molecule has 1 saturated heterocycles. The first kappa shape index (κ1) is 17.2. The molecule has 0 spiro atoms. The molecule has 1 heterocycles. The van der Waals surface area contributed by atoms with Crippen LogP contribution in [0.1, 0.15) is 5.56 Å². The molecular weight excluding hydrogens is 328 g/mol. The largest absolute Gasteiger partial charge is 0.497 e. The van der Waals surface area contributed by atoms with Gasteiger partial charge in [0.05, 0.1) is 18.3 Å². The molecule has 0 N–H and O–H groups in total. The van der Waals surface area contributed by atoms with Crippen LogP contribution < -0.4 is 4.74 Å². The Kier molecular flexibility index (Phi) is 4.81. The predicted molar refractivity (Wildman–Crippen MR) is 82.9 cm³/mol. The molecule has 0 aliphatic carbocycles. The second-order valence-corrected chi connectivity index (χ2v) is 9.09. The lowest BCUT2D eigenvalue weighted by Gasteiger charge is -2.32. The molecule has 0 radical (unpaired) electrons. The van der Waals surface area contributed by atoms with E-state index < -0.39 is 20.0 Å². The quantitative estimate of drug-likeness (QED) is 0.780. The van der Waals surface area contributed by atoms with E-state index in [1.165, 1.54) is 21.8 Å². The number of hydrogen-bond acceptors (Lipinski definition) is 5. The number of methoxy groups -OCH3 is 1. The standard InChI is InChI=1S/C13H20N2O5S2/c1-11-10-12(20-2)4-5-13(11)22(18,19)15-8-6-14(7-9-15)21(3,16)17/h4-5,10H,6-9H2,1-3H3. The molecule has 1 fully saturated rings. The molecule has 0 amide bonds. The van der Waals surface area contributed by atoms with E-state index in [-0.39, 0.29) is 31.1 Å². The van der Waals surface area contributed by atoms with E-state index in [9.17, 15) is 16.8 Å². The Labute approximate surface area is 131 Å². The molecule has 1 aliphatic heterocycles. The minimum absolute atomic E-state index is 0.154. The fourth-order valence-electron chi connectivity index (χ4n) is 2.42. The van der Waals surface area contributed by atoms with Gasteiger partial charge in [-0.25, -0.2) is 16.8 Å². The Morgan fingerprint density at radius 1 is 1.00 bits per heavy atom. The van der Waals surface area contributed by atoms with Crippen molar-refractivity contribution in [1.82, 2.24) is 8.61 Å². The third-order valence-corrected chi connectivity index (χ3v) is 7.03. The van der Waals surface area contributed by atoms with Crippen LogP contribution in [0.25, 0.3) is 0 Å². The minimum Gasteiger partial charge on any atom is -0.497 e. The van der Waals surface area contributed by atoms with Crippen LogP contribution in [0.3, 0.4) is 0 Å². The first-order valence-corrected chi connectivity index (χ1v) is 10.0. The van der Waals surface area contributed by atoms with Crippen LogP contribution in [0.4, 0.5) is 0 Å². The zero-order valence-corrected chi connectivity index (χ0v) is 14.4. The van der Waals surface area contributed by atoms with Crippen molar-refractivity contribution in [3.8, 4) is 5.75 Å². The van der Waals surface area contributed by atoms with Crippen molar-refractivity contribution in [2.75, 3.05) is 39.5 Å². The van der Waals surface area contributed by atoms with Crippen molar-refractivity contribution in [3.05, 3.63) is 23.8 Å². The van der Waals surface area contributed by atoms with Crippen molar-refractivity contribution in [2.24, 2.45) is 0 Å². The third-order valence-electron chi connectivity index (χ3n) is 3.67. The van der Waals surface area contributed by atoms with E-state index in [0.29, 0.717) is 11.3 Å². The van der Waals surface area contributed by atoms with Crippen LogP contribution in [-0.2, 0) is 20.0 Å². The summed E-state index contributed by atoms with van der Waals surface area (Å²) in [5, 5.41) is 0. The molecule has 7 nitrogen and oxygen atoms in total. The van der Waals surface area contributed by atoms with Gasteiger partial charge in [-0.2, -0.15) is 8.61 Å². The van der Waals surface area contributed by atoms with Gasteiger partial charge in [0.1, 0.15) is 5.75 Å². The maximum Gasteiger partial charge on any atom is 0.243 e. The molecule has 9 heteroatoms. The maximum absolute atomic E-state index is 12.7. The lowest BCUT2D eigenvalue weighted by molar-refractivity contribution is 0.274. The molecule has 2 rings (SSSR count). The number of aryl methyl sites for hydroxylation is 1. The average molecular weight is 348 g/mol. The van der Waals surface area contributed by atoms with Gasteiger partial charge in [-0.05, 0) is 30.7 Å². The Morgan fingerprint density at radius 3 is 2.00 bits per heavy atom. The monoisotopic (exact) mass is 348 g/mol. The van der Waals surface area contributed by atoms with Gasteiger partial charge in [0.15, 0.2) is 0 Å². The summed E-state index contributed by atoms with van der Waals surface area (Å²) in [6, 6.07) is 4.79. The smallest absolute Gasteiger partial charge is 0.243 e. The van der Waals surface area contributed by atoms with Crippen molar-refractivity contribution < 1.29 is 21.6 Å². The fourth-order valence-corrected chi connectivity index (χ4v) is 4.87. The van der Waals surface area contributed by atoms with E-state index >= 15 is 0 Å². The summed E-state index contributed by atoms with van der Waals surface area (Å²) in [5.74, 6) is 0.596. The number of ether oxygens (including phenoxy) is 1. The van der Waals surface area contributed by atoms with Crippen LogP contribution in [0.15, 0.2) is 23.1 Å². The lowest BCUT2D eigenvalue weighted by atomic mass is 10.2. The molecule has 0 atom stereocenters. The number of sulfonamides is 2. The predicted octanol–water partition coefficient (Wildman–Crippen LogP) is 0.270.